The molecule has 0 atom stereocenters. The second-order valence-electron chi connectivity index (χ2n) is 3.71. The van der Waals surface area contributed by atoms with Gasteiger partial charge < -0.3 is 4.42 Å². The van der Waals surface area contributed by atoms with Crippen molar-refractivity contribution in [3.63, 3.8) is 0 Å². The Bertz CT molecular complexity index is 652. The Balaban J connectivity index is 2.61. The van der Waals surface area contributed by atoms with Crippen LogP contribution in [0, 0.1) is 6.92 Å². The Labute approximate surface area is 95.8 Å². The molecule has 3 rings (SSSR count). The highest BCUT2D eigenvalue weighted by Crippen LogP contribution is 2.34. The molecule has 0 fully saturated rings. The van der Waals surface area contributed by atoms with Crippen LogP contribution >= 0.6 is 15.9 Å². The summed E-state index contributed by atoms with van der Waals surface area (Å²) in [5, 5.41) is 3.61. The van der Waals surface area contributed by atoms with E-state index in [-0.39, 0.29) is 0 Å². The fourth-order valence-electron chi connectivity index (χ4n) is 1.90. The molecule has 1 aromatic heterocycles. The molecule has 74 valence electrons. The molecular formula is C13H9BrO. The zero-order chi connectivity index (χ0) is 10.4. The van der Waals surface area contributed by atoms with Crippen molar-refractivity contribution in [3.8, 4) is 0 Å². The van der Waals surface area contributed by atoms with Gasteiger partial charge in [-0.1, -0.05) is 24.3 Å². The second kappa shape index (κ2) is 3.11. The maximum Gasteiger partial charge on any atom is 0.148 e. The molecule has 2 heteroatoms. The molecule has 0 radical (unpaired) electrons. The fourth-order valence-corrected chi connectivity index (χ4v) is 2.57. The summed E-state index contributed by atoms with van der Waals surface area (Å²) in [6.07, 6.45) is 1.80. The van der Waals surface area contributed by atoms with Gasteiger partial charge in [0.15, 0.2) is 0 Å². The third kappa shape index (κ3) is 1.21. The second-order valence-corrected chi connectivity index (χ2v) is 4.50. The maximum absolute atomic E-state index is 5.54. The first-order valence-electron chi connectivity index (χ1n) is 4.82. The molecule has 3 aromatic rings. The van der Waals surface area contributed by atoms with Gasteiger partial charge in [0.2, 0.25) is 0 Å². The van der Waals surface area contributed by atoms with E-state index in [2.05, 4.69) is 47.1 Å². The SMILES string of the molecule is Cc1coc2c(Br)c3ccccc3cc12. The number of aryl methyl sites for hydroxylation is 1. The summed E-state index contributed by atoms with van der Waals surface area (Å²) in [5.41, 5.74) is 2.11. The number of halogens is 1. The Morgan fingerprint density at radius 3 is 2.80 bits per heavy atom. The summed E-state index contributed by atoms with van der Waals surface area (Å²) in [6, 6.07) is 10.5. The van der Waals surface area contributed by atoms with Crippen molar-refractivity contribution in [2.24, 2.45) is 0 Å². The van der Waals surface area contributed by atoms with E-state index in [1.807, 2.05) is 6.07 Å². The number of fused-ring (bicyclic) bond motifs is 2. The van der Waals surface area contributed by atoms with Gasteiger partial charge in [-0.15, -0.1) is 0 Å². The lowest BCUT2D eigenvalue weighted by molar-refractivity contribution is 0.612. The molecule has 0 amide bonds. The van der Waals surface area contributed by atoms with Gasteiger partial charge in [-0.3, -0.25) is 0 Å². The molecule has 1 nitrogen and oxygen atoms in total. The molecule has 1 heterocycles. The maximum atomic E-state index is 5.54. The molecule has 0 N–H and O–H groups in total. The molecular weight excluding hydrogens is 252 g/mol. The number of hydrogen-bond donors (Lipinski definition) is 0. The van der Waals surface area contributed by atoms with Crippen LogP contribution < -0.4 is 0 Å². The molecule has 0 spiro atoms. The zero-order valence-corrected chi connectivity index (χ0v) is 9.84. The number of rotatable bonds is 0. The van der Waals surface area contributed by atoms with Crippen LogP contribution in [0.15, 0.2) is 45.5 Å². The van der Waals surface area contributed by atoms with Crippen molar-refractivity contribution < 1.29 is 4.42 Å². The largest absolute Gasteiger partial charge is 0.463 e. The third-order valence-electron chi connectivity index (χ3n) is 2.72. The van der Waals surface area contributed by atoms with E-state index in [1.165, 1.54) is 21.7 Å². The molecule has 0 aliphatic heterocycles. The Morgan fingerprint density at radius 2 is 1.93 bits per heavy atom. The van der Waals surface area contributed by atoms with Crippen LogP contribution in [-0.2, 0) is 0 Å². The van der Waals surface area contributed by atoms with Crippen molar-refractivity contribution in [3.05, 3.63) is 46.6 Å². The standard InChI is InChI=1S/C13H9BrO/c1-8-7-15-13-11(8)6-9-4-2-3-5-10(9)12(13)14/h2-7H,1H3. The summed E-state index contributed by atoms with van der Waals surface area (Å²) < 4.78 is 6.59. The lowest BCUT2D eigenvalue weighted by Gasteiger charge is -2.01. The van der Waals surface area contributed by atoms with Crippen molar-refractivity contribution in [1.82, 2.24) is 0 Å². The van der Waals surface area contributed by atoms with Gasteiger partial charge in [-0.05, 0) is 45.3 Å². The van der Waals surface area contributed by atoms with E-state index in [0.29, 0.717) is 0 Å². The Morgan fingerprint density at radius 1 is 1.13 bits per heavy atom. The van der Waals surface area contributed by atoms with Gasteiger partial charge in [-0.25, -0.2) is 0 Å². The minimum atomic E-state index is 0.936. The average molecular weight is 261 g/mol. The molecule has 0 saturated heterocycles. The van der Waals surface area contributed by atoms with E-state index in [4.69, 9.17) is 4.42 Å². The number of benzene rings is 2. The van der Waals surface area contributed by atoms with Crippen LogP contribution in [0.2, 0.25) is 0 Å². The first-order chi connectivity index (χ1) is 7.27. The summed E-state index contributed by atoms with van der Waals surface area (Å²) in [5.74, 6) is 0. The van der Waals surface area contributed by atoms with Crippen molar-refractivity contribution in [1.29, 1.82) is 0 Å². The zero-order valence-electron chi connectivity index (χ0n) is 8.25. The van der Waals surface area contributed by atoms with Gasteiger partial charge in [0.05, 0.1) is 10.7 Å². The van der Waals surface area contributed by atoms with Crippen molar-refractivity contribution in [2.75, 3.05) is 0 Å². The van der Waals surface area contributed by atoms with E-state index < -0.39 is 0 Å². The van der Waals surface area contributed by atoms with Gasteiger partial charge in [-0.2, -0.15) is 0 Å². The monoisotopic (exact) mass is 260 g/mol. The average Bonchev–Trinajstić information content (AvgIpc) is 2.62. The molecule has 2 aromatic carbocycles. The minimum absolute atomic E-state index is 0.936. The minimum Gasteiger partial charge on any atom is -0.463 e. The molecule has 0 aliphatic rings. The predicted octanol–water partition coefficient (Wildman–Crippen LogP) is 4.66. The van der Waals surface area contributed by atoms with Crippen LogP contribution in [0.3, 0.4) is 0 Å². The lowest BCUT2D eigenvalue weighted by Crippen LogP contribution is -1.76. The highest BCUT2D eigenvalue weighted by atomic mass is 79.9. The van der Waals surface area contributed by atoms with Gasteiger partial charge >= 0.3 is 0 Å². The smallest absolute Gasteiger partial charge is 0.148 e. The summed E-state index contributed by atoms with van der Waals surface area (Å²) >= 11 is 3.60. The highest BCUT2D eigenvalue weighted by Gasteiger charge is 2.09. The van der Waals surface area contributed by atoms with E-state index in [9.17, 15) is 0 Å². The van der Waals surface area contributed by atoms with Crippen molar-refractivity contribution >= 4 is 37.7 Å². The Kier molecular flexibility index (Phi) is 1.86. The molecule has 0 unspecified atom stereocenters. The quantitative estimate of drug-likeness (QED) is 0.573. The highest BCUT2D eigenvalue weighted by molar-refractivity contribution is 9.10. The van der Waals surface area contributed by atoms with Gasteiger partial charge in [0.1, 0.15) is 5.58 Å². The van der Waals surface area contributed by atoms with Gasteiger partial charge in [0.25, 0.3) is 0 Å². The Hall–Kier alpha value is -1.28. The van der Waals surface area contributed by atoms with Crippen LogP contribution in [-0.4, -0.2) is 0 Å². The van der Waals surface area contributed by atoms with E-state index in [0.717, 1.165) is 10.1 Å². The van der Waals surface area contributed by atoms with Crippen LogP contribution in [0.5, 0.6) is 0 Å². The predicted molar refractivity (Wildman–Crippen MR) is 66.2 cm³/mol. The molecule has 0 aliphatic carbocycles. The summed E-state index contributed by atoms with van der Waals surface area (Å²) in [6.45, 7) is 2.06. The van der Waals surface area contributed by atoms with Gasteiger partial charge in [0, 0.05) is 5.39 Å². The van der Waals surface area contributed by atoms with Crippen LogP contribution in [0.4, 0.5) is 0 Å². The topological polar surface area (TPSA) is 13.1 Å². The van der Waals surface area contributed by atoms with E-state index in [1.54, 1.807) is 6.26 Å². The molecule has 0 saturated carbocycles. The number of furan rings is 1. The summed E-state index contributed by atoms with van der Waals surface area (Å²) in [4.78, 5) is 0. The molecule has 15 heavy (non-hydrogen) atoms. The normalized spacial score (nSPS) is 11.3. The summed E-state index contributed by atoms with van der Waals surface area (Å²) in [7, 11) is 0. The lowest BCUT2D eigenvalue weighted by atomic mass is 10.1. The number of hydrogen-bond acceptors (Lipinski definition) is 1. The van der Waals surface area contributed by atoms with Crippen LogP contribution in [0.1, 0.15) is 5.56 Å². The fraction of sp³-hybridized carbons (Fsp3) is 0.0769. The van der Waals surface area contributed by atoms with Crippen LogP contribution in [0.25, 0.3) is 21.7 Å². The first-order valence-corrected chi connectivity index (χ1v) is 5.62. The first kappa shape index (κ1) is 8.98. The van der Waals surface area contributed by atoms with E-state index >= 15 is 0 Å². The third-order valence-corrected chi connectivity index (χ3v) is 3.51. The van der Waals surface area contributed by atoms with Crippen molar-refractivity contribution in [2.45, 2.75) is 6.92 Å². The molecule has 0 bridgehead atoms.